The Morgan fingerprint density at radius 3 is 2.55 bits per heavy atom. The molecule has 6 nitrogen and oxygen atoms in total. The summed E-state index contributed by atoms with van der Waals surface area (Å²) >= 11 is 1.61. The van der Waals surface area contributed by atoms with Crippen molar-refractivity contribution in [1.82, 2.24) is 25.2 Å². The van der Waals surface area contributed by atoms with Gasteiger partial charge in [-0.25, -0.2) is 4.68 Å². The summed E-state index contributed by atoms with van der Waals surface area (Å²) in [6, 6.07) is 11.9. The highest BCUT2D eigenvalue weighted by molar-refractivity contribution is 7.98. The zero-order chi connectivity index (χ0) is 15.2. The third-order valence-electron chi connectivity index (χ3n) is 3.11. The largest absolute Gasteiger partial charge is 0.497 e. The van der Waals surface area contributed by atoms with Crippen LogP contribution in [0.15, 0.2) is 53.9 Å². The molecule has 2 heterocycles. The monoisotopic (exact) mass is 313 g/mol. The lowest BCUT2D eigenvalue weighted by molar-refractivity contribution is 0.414. The first-order valence-corrected chi connectivity index (χ1v) is 7.74. The van der Waals surface area contributed by atoms with Crippen molar-refractivity contribution in [2.45, 2.75) is 17.5 Å². The van der Waals surface area contributed by atoms with E-state index in [9.17, 15) is 0 Å². The van der Waals surface area contributed by atoms with Crippen molar-refractivity contribution < 1.29 is 4.74 Å². The van der Waals surface area contributed by atoms with Crippen molar-refractivity contribution >= 4 is 11.8 Å². The Morgan fingerprint density at radius 1 is 1.05 bits per heavy atom. The highest BCUT2D eigenvalue weighted by Gasteiger charge is 2.08. The number of benzene rings is 1. The average Bonchev–Trinajstić information content (AvgIpc) is 3.02. The minimum absolute atomic E-state index is 0.635. The number of rotatable bonds is 6. The first-order valence-electron chi connectivity index (χ1n) is 6.76. The van der Waals surface area contributed by atoms with E-state index < -0.39 is 0 Å². The van der Waals surface area contributed by atoms with Crippen LogP contribution < -0.4 is 4.74 Å². The van der Waals surface area contributed by atoms with Gasteiger partial charge in [0.05, 0.1) is 13.7 Å². The Bertz CT molecular complexity index is 714. The van der Waals surface area contributed by atoms with E-state index >= 15 is 0 Å². The second kappa shape index (κ2) is 7.04. The summed E-state index contributed by atoms with van der Waals surface area (Å²) in [6.45, 7) is 0.635. The van der Waals surface area contributed by atoms with Gasteiger partial charge in [0, 0.05) is 18.1 Å². The molecule has 22 heavy (non-hydrogen) atoms. The predicted molar refractivity (Wildman–Crippen MR) is 83.7 cm³/mol. The highest BCUT2D eigenvalue weighted by Crippen LogP contribution is 2.20. The standard InChI is InChI=1S/C15H15N5OS/c1-21-14-4-2-12(3-5-14)10-20-15(17-18-19-20)22-11-13-6-8-16-9-7-13/h2-9H,10-11H2,1H3. The number of thioether (sulfide) groups is 1. The predicted octanol–water partition coefficient (Wildman–Crippen LogP) is 2.42. The molecule has 2 aromatic heterocycles. The fraction of sp³-hybridized carbons (Fsp3) is 0.200. The highest BCUT2D eigenvalue weighted by atomic mass is 32.2. The lowest BCUT2D eigenvalue weighted by atomic mass is 10.2. The zero-order valence-electron chi connectivity index (χ0n) is 12.1. The maximum atomic E-state index is 5.16. The van der Waals surface area contributed by atoms with E-state index in [-0.39, 0.29) is 0 Å². The Balaban J connectivity index is 1.66. The van der Waals surface area contributed by atoms with Gasteiger partial charge >= 0.3 is 0 Å². The summed E-state index contributed by atoms with van der Waals surface area (Å²) in [5, 5.41) is 12.7. The molecule has 3 rings (SSSR count). The number of nitrogens with zero attached hydrogens (tertiary/aromatic N) is 5. The van der Waals surface area contributed by atoms with E-state index in [0.29, 0.717) is 6.54 Å². The van der Waals surface area contributed by atoms with E-state index in [1.807, 2.05) is 36.4 Å². The van der Waals surface area contributed by atoms with Crippen molar-refractivity contribution in [1.29, 1.82) is 0 Å². The number of aromatic nitrogens is 5. The number of tetrazole rings is 1. The Kier molecular flexibility index (Phi) is 4.65. The minimum Gasteiger partial charge on any atom is -0.497 e. The van der Waals surface area contributed by atoms with Gasteiger partial charge in [0.25, 0.3) is 0 Å². The molecule has 0 amide bonds. The average molecular weight is 313 g/mol. The number of ether oxygens (including phenoxy) is 1. The molecular weight excluding hydrogens is 298 g/mol. The topological polar surface area (TPSA) is 65.7 Å². The van der Waals surface area contributed by atoms with Crippen LogP contribution in [0.25, 0.3) is 0 Å². The van der Waals surface area contributed by atoms with Crippen molar-refractivity contribution in [3.63, 3.8) is 0 Å². The molecule has 0 N–H and O–H groups in total. The van der Waals surface area contributed by atoms with Crippen LogP contribution in [0.4, 0.5) is 0 Å². The third-order valence-corrected chi connectivity index (χ3v) is 4.14. The molecule has 0 bridgehead atoms. The second-order valence-corrected chi connectivity index (χ2v) is 5.55. The van der Waals surface area contributed by atoms with Gasteiger partial charge in [-0.2, -0.15) is 0 Å². The van der Waals surface area contributed by atoms with Crippen molar-refractivity contribution in [3.8, 4) is 5.75 Å². The fourth-order valence-electron chi connectivity index (χ4n) is 1.93. The van der Waals surface area contributed by atoms with Crippen LogP contribution in [0, 0.1) is 0 Å². The first kappa shape index (κ1) is 14.5. The van der Waals surface area contributed by atoms with Gasteiger partial charge in [-0.1, -0.05) is 23.9 Å². The summed E-state index contributed by atoms with van der Waals surface area (Å²) in [7, 11) is 1.66. The first-order chi connectivity index (χ1) is 10.8. The van der Waals surface area contributed by atoms with E-state index in [4.69, 9.17) is 4.74 Å². The van der Waals surface area contributed by atoms with Crippen molar-refractivity contribution in [2.24, 2.45) is 0 Å². The summed E-state index contributed by atoms with van der Waals surface area (Å²) in [6.07, 6.45) is 3.58. The molecule has 0 aliphatic rings. The fourth-order valence-corrected chi connectivity index (χ4v) is 2.76. The molecule has 1 aromatic carbocycles. The summed E-state index contributed by atoms with van der Waals surface area (Å²) in [5.41, 5.74) is 2.32. The molecule has 3 aromatic rings. The molecule has 0 aliphatic heterocycles. The Hall–Kier alpha value is -2.41. The third kappa shape index (κ3) is 3.62. The number of pyridine rings is 1. The lowest BCUT2D eigenvalue weighted by Crippen LogP contribution is -2.04. The van der Waals surface area contributed by atoms with Crippen LogP contribution in [0.5, 0.6) is 5.75 Å². The van der Waals surface area contributed by atoms with E-state index in [1.165, 1.54) is 5.56 Å². The summed E-state index contributed by atoms with van der Waals surface area (Å²) < 4.78 is 6.96. The summed E-state index contributed by atoms with van der Waals surface area (Å²) in [5.74, 6) is 1.65. The molecule has 0 spiro atoms. The molecule has 0 radical (unpaired) electrons. The van der Waals surface area contributed by atoms with Crippen LogP contribution >= 0.6 is 11.8 Å². The van der Waals surface area contributed by atoms with Gasteiger partial charge in [-0.3, -0.25) is 4.98 Å². The maximum Gasteiger partial charge on any atom is 0.209 e. The normalized spacial score (nSPS) is 10.6. The van der Waals surface area contributed by atoms with Crippen LogP contribution in [0.1, 0.15) is 11.1 Å². The molecule has 0 fully saturated rings. The number of methoxy groups -OCH3 is 1. The lowest BCUT2D eigenvalue weighted by Gasteiger charge is -2.05. The molecule has 0 unspecified atom stereocenters. The molecule has 7 heteroatoms. The minimum atomic E-state index is 0.635. The van der Waals surface area contributed by atoms with Gasteiger partial charge < -0.3 is 4.74 Å². The molecule has 0 atom stereocenters. The summed E-state index contributed by atoms with van der Waals surface area (Å²) in [4.78, 5) is 4.01. The Morgan fingerprint density at radius 2 is 1.82 bits per heavy atom. The van der Waals surface area contributed by atoms with Gasteiger partial charge in [0.15, 0.2) is 0 Å². The SMILES string of the molecule is COc1ccc(Cn2nnnc2SCc2ccncc2)cc1. The quantitative estimate of drug-likeness (QED) is 0.651. The molecular formula is C15H15N5OS. The Labute approximate surface area is 132 Å². The van der Waals surface area contributed by atoms with Gasteiger partial charge in [0.2, 0.25) is 5.16 Å². The van der Waals surface area contributed by atoms with Gasteiger partial charge in [0.1, 0.15) is 5.75 Å². The maximum absolute atomic E-state index is 5.16. The van der Waals surface area contributed by atoms with E-state index in [2.05, 4.69) is 20.5 Å². The molecule has 0 saturated heterocycles. The number of hydrogen-bond acceptors (Lipinski definition) is 6. The molecule has 0 saturated carbocycles. The van der Waals surface area contributed by atoms with Crippen molar-refractivity contribution in [3.05, 3.63) is 59.9 Å². The van der Waals surface area contributed by atoms with Crippen LogP contribution in [-0.2, 0) is 12.3 Å². The number of hydrogen-bond donors (Lipinski definition) is 0. The van der Waals surface area contributed by atoms with Crippen LogP contribution in [-0.4, -0.2) is 32.3 Å². The zero-order valence-corrected chi connectivity index (χ0v) is 12.9. The van der Waals surface area contributed by atoms with Gasteiger partial charge in [-0.05, 0) is 45.8 Å². The van der Waals surface area contributed by atoms with Gasteiger partial charge in [-0.15, -0.1) is 5.10 Å². The van der Waals surface area contributed by atoms with Crippen LogP contribution in [0.2, 0.25) is 0 Å². The molecule has 112 valence electrons. The second-order valence-electron chi connectivity index (χ2n) is 4.61. The van der Waals surface area contributed by atoms with Crippen molar-refractivity contribution in [2.75, 3.05) is 7.11 Å². The molecule has 0 aliphatic carbocycles. The van der Waals surface area contributed by atoms with E-state index in [1.54, 1.807) is 35.9 Å². The smallest absolute Gasteiger partial charge is 0.209 e. The van der Waals surface area contributed by atoms with Crippen LogP contribution in [0.3, 0.4) is 0 Å². The van der Waals surface area contributed by atoms with E-state index in [0.717, 1.165) is 22.2 Å².